The molecular formula is C20H26F3N3O2S. The molecule has 5 nitrogen and oxygen atoms in total. The first kappa shape index (κ1) is 20.8. The predicted octanol–water partition coefficient (Wildman–Crippen LogP) is 4.29. The lowest BCUT2D eigenvalue weighted by molar-refractivity contribution is -0.206. The van der Waals surface area contributed by atoms with Crippen LogP contribution in [0.5, 0.6) is 5.88 Å². The first-order valence-corrected chi connectivity index (χ1v) is 10.9. The second-order valence-corrected chi connectivity index (χ2v) is 9.42. The second kappa shape index (κ2) is 8.00. The zero-order valence-corrected chi connectivity index (χ0v) is 17.4. The summed E-state index contributed by atoms with van der Waals surface area (Å²) >= 11 is 1.50. The Bertz CT molecular complexity index is 863. The fourth-order valence-electron chi connectivity index (χ4n) is 4.61. The van der Waals surface area contributed by atoms with Crippen LogP contribution < -0.4 is 4.74 Å². The van der Waals surface area contributed by atoms with Crippen LogP contribution in [-0.2, 0) is 6.42 Å². The van der Waals surface area contributed by atoms with E-state index in [1.54, 1.807) is 0 Å². The van der Waals surface area contributed by atoms with E-state index in [4.69, 9.17) is 4.74 Å². The summed E-state index contributed by atoms with van der Waals surface area (Å²) in [7, 11) is 4.17. The molecule has 2 aliphatic rings. The number of thiophene rings is 1. The summed E-state index contributed by atoms with van der Waals surface area (Å²) < 4.78 is 44.9. The van der Waals surface area contributed by atoms with Crippen molar-refractivity contribution >= 4 is 21.6 Å². The molecule has 160 valence electrons. The Morgan fingerprint density at radius 1 is 1.21 bits per heavy atom. The van der Waals surface area contributed by atoms with Gasteiger partial charge >= 0.3 is 6.18 Å². The SMILES string of the molecule is CN(C)[C@H]1CC[C@H](Oc2ncnc3sc4c(c23)[C@@H](CC(O)C(F)(F)F)CC4)CC1. The van der Waals surface area contributed by atoms with Gasteiger partial charge in [0.15, 0.2) is 0 Å². The molecule has 0 amide bonds. The predicted molar refractivity (Wildman–Crippen MR) is 106 cm³/mol. The Morgan fingerprint density at radius 2 is 1.93 bits per heavy atom. The lowest BCUT2D eigenvalue weighted by atomic mass is 9.92. The Balaban J connectivity index is 1.57. The number of nitrogens with zero attached hydrogens (tertiary/aromatic N) is 3. The highest BCUT2D eigenvalue weighted by Gasteiger charge is 2.42. The summed E-state index contributed by atoms with van der Waals surface area (Å²) in [6, 6.07) is 0.555. The largest absolute Gasteiger partial charge is 0.474 e. The molecule has 0 spiro atoms. The molecule has 2 aromatic rings. The number of fused-ring (bicyclic) bond motifs is 3. The number of rotatable bonds is 5. The summed E-state index contributed by atoms with van der Waals surface area (Å²) in [6.07, 6.45) is -0.459. The van der Waals surface area contributed by atoms with E-state index in [1.807, 2.05) is 0 Å². The lowest BCUT2D eigenvalue weighted by Gasteiger charge is -2.32. The molecule has 2 atom stereocenters. The molecule has 0 radical (unpaired) electrons. The average molecular weight is 430 g/mol. The van der Waals surface area contributed by atoms with E-state index in [0.29, 0.717) is 24.8 Å². The van der Waals surface area contributed by atoms with Gasteiger partial charge in [0, 0.05) is 10.9 Å². The molecule has 2 aromatic heterocycles. The molecule has 0 saturated heterocycles. The third-order valence-electron chi connectivity index (χ3n) is 6.23. The maximum Gasteiger partial charge on any atom is 0.414 e. The van der Waals surface area contributed by atoms with Crippen LogP contribution in [0.3, 0.4) is 0 Å². The number of aliphatic hydroxyl groups excluding tert-OH is 1. The Hall–Kier alpha value is -1.45. The molecule has 0 aliphatic heterocycles. The van der Waals surface area contributed by atoms with Crippen LogP contribution in [0.2, 0.25) is 0 Å². The van der Waals surface area contributed by atoms with Gasteiger partial charge in [0.1, 0.15) is 23.4 Å². The zero-order chi connectivity index (χ0) is 20.8. The van der Waals surface area contributed by atoms with Crippen LogP contribution in [0, 0.1) is 0 Å². The molecule has 1 N–H and O–H groups in total. The lowest BCUT2D eigenvalue weighted by Crippen LogP contribution is -2.35. The fraction of sp³-hybridized carbons (Fsp3) is 0.700. The van der Waals surface area contributed by atoms with Gasteiger partial charge in [-0.3, -0.25) is 0 Å². The van der Waals surface area contributed by atoms with Gasteiger partial charge < -0.3 is 14.7 Å². The normalized spacial score (nSPS) is 26.1. The first-order chi connectivity index (χ1) is 13.7. The van der Waals surface area contributed by atoms with Crippen LogP contribution in [-0.4, -0.2) is 58.5 Å². The van der Waals surface area contributed by atoms with Crippen molar-refractivity contribution in [1.82, 2.24) is 14.9 Å². The quantitative estimate of drug-likeness (QED) is 0.769. The summed E-state index contributed by atoms with van der Waals surface area (Å²) in [6.45, 7) is 0. The van der Waals surface area contributed by atoms with E-state index >= 15 is 0 Å². The summed E-state index contributed by atoms with van der Waals surface area (Å²) in [5.41, 5.74) is 0.853. The molecule has 0 aromatic carbocycles. The maximum atomic E-state index is 12.9. The topological polar surface area (TPSA) is 58.5 Å². The van der Waals surface area contributed by atoms with E-state index in [-0.39, 0.29) is 18.4 Å². The van der Waals surface area contributed by atoms with Gasteiger partial charge in [-0.2, -0.15) is 13.2 Å². The van der Waals surface area contributed by atoms with Crippen molar-refractivity contribution < 1.29 is 23.0 Å². The van der Waals surface area contributed by atoms with E-state index in [1.165, 1.54) is 17.7 Å². The second-order valence-electron chi connectivity index (χ2n) is 8.34. The molecule has 0 bridgehead atoms. The van der Waals surface area contributed by atoms with Crippen molar-refractivity contribution in [2.75, 3.05) is 14.1 Å². The van der Waals surface area contributed by atoms with E-state index in [2.05, 4.69) is 29.0 Å². The smallest absolute Gasteiger partial charge is 0.414 e. The van der Waals surface area contributed by atoms with Gasteiger partial charge in [0.25, 0.3) is 0 Å². The third kappa shape index (κ3) is 4.22. The number of aromatic nitrogens is 2. The van der Waals surface area contributed by atoms with Crippen LogP contribution in [0.15, 0.2) is 6.33 Å². The highest BCUT2D eigenvalue weighted by molar-refractivity contribution is 7.19. The standard InChI is InChI=1S/C20H26F3N3O2S/c1-26(2)12-4-6-13(7-5-12)28-18-17-16-11(9-15(27)20(21,22)23)3-8-14(16)29-19(17)25-10-24-18/h10-13,15,27H,3-9H2,1-2H3/t11-,12-,13-,15?/m1/s1. The minimum atomic E-state index is -4.60. The number of ether oxygens (including phenoxy) is 1. The Morgan fingerprint density at radius 3 is 2.59 bits per heavy atom. The van der Waals surface area contributed by atoms with Crippen molar-refractivity contribution in [1.29, 1.82) is 0 Å². The molecule has 4 rings (SSSR count). The zero-order valence-electron chi connectivity index (χ0n) is 16.6. The number of alkyl halides is 3. The monoisotopic (exact) mass is 429 g/mol. The van der Waals surface area contributed by atoms with Gasteiger partial charge in [-0.15, -0.1) is 11.3 Å². The molecule has 9 heteroatoms. The molecular weight excluding hydrogens is 403 g/mol. The average Bonchev–Trinajstić information content (AvgIpc) is 3.21. The van der Waals surface area contributed by atoms with Crippen LogP contribution >= 0.6 is 11.3 Å². The summed E-state index contributed by atoms with van der Waals surface area (Å²) in [4.78, 5) is 12.7. The van der Waals surface area contributed by atoms with Crippen molar-refractivity contribution in [2.24, 2.45) is 0 Å². The Kier molecular flexibility index (Phi) is 5.74. The van der Waals surface area contributed by atoms with Crippen molar-refractivity contribution in [3.63, 3.8) is 0 Å². The van der Waals surface area contributed by atoms with Gasteiger partial charge in [0.2, 0.25) is 5.88 Å². The molecule has 1 saturated carbocycles. The molecule has 1 unspecified atom stereocenters. The van der Waals surface area contributed by atoms with Crippen molar-refractivity contribution in [3.05, 3.63) is 16.8 Å². The third-order valence-corrected chi connectivity index (χ3v) is 7.41. The van der Waals surface area contributed by atoms with Gasteiger partial charge in [0.05, 0.1) is 5.39 Å². The molecule has 2 heterocycles. The number of halogens is 3. The highest BCUT2D eigenvalue weighted by Crippen LogP contribution is 2.48. The molecule has 2 aliphatic carbocycles. The Labute approximate surface area is 171 Å². The molecule has 29 heavy (non-hydrogen) atoms. The van der Waals surface area contributed by atoms with Gasteiger partial charge in [-0.25, -0.2) is 9.97 Å². The molecule has 1 fully saturated rings. The summed E-state index contributed by atoms with van der Waals surface area (Å²) in [5.74, 6) is 0.127. The van der Waals surface area contributed by atoms with Crippen molar-refractivity contribution in [3.8, 4) is 5.88 Å². The minimum absolute atomic E-state index is 0.0560. The van der Waals surface area contributed by atoms with Crippen LogP contribution in [0.1, 0.15) is 54.9 Å². The number of aryl methyl sites for hydroxylation is 1. The fourth-order valence-corrected chi connectivity index (χ4v) is 5.84. The highest BCUT2D eigenvalue weighted by atomic mass is 32.1. The van der Waals surface area contributed by atoms with E-state index in [9.17, 15) is 18.3 Å². The first-order valence-electron chi connectivity index (χ1n) is 10.1. The van der Waals surface area contributed by atoms with Gasteiger partial charge in [-0.05, 0) is 70.5 Å². The number of hydrogen-bond donors (Lipinski definition) is 1. The van der Waals surface area contributed by atoms with Crippen LogP contribution in [0.4, 0.5) is 13.2 Å². The maximum absolute atomic E-state index is 12.9. The van der Waals surface area contributed by atoms with E-state index in [0.717, 1.165) is 46.3 Å². The van der Waals surface area contributed by atoms with Crippen molar-refractivity contribution in [2.45, 2.75) is 75.3 Å². The number of hydrogen-bond acceptors (Lipinski definition) is 6. The number of aliphatic hydroxyl groups is 1. The van der Waals surface area contributed by atoms with E-state index < -0.39 is 12.3 Å². The van der Waals surface area contributed by atoms with Gasteiger partial charge in [-0.1, -0.05) is 0 Å². The van der Waals surface area contributed by atoms with Crippen LogP contribution in [0.25, 0.3) is 10.2 Å². The minimum Gasteiger partial charge on any atom is -0.474 e. The summed E-state index contributed by atoms with van der Waals surface area (Å²) in [5, 5.41) is 10.3.